The van der Waals surface area contributed by atoms with Gasteiger partial charge in [-0.15, -0.1) is 0 Å². The molecule has 0 saturated heterocycles. The third-order valence-corrected chi connectivity index (χ3v) is 8.09. The summed E-state index contributed by atoms with van der Waals surface area (Å²) >= 11 is 0. The number of amides is 2. The first kappa shape index (κ1) is 31.8. The van der Waals surface area contributed by atoms with Crippen LogP contribution in [-0.2, 0) is 22.4 Å². The average Bonchev–Trinajstić information content (AvgIpc) is 3.05. The number of ether oxygens (including phenoxy) is 2. The largest absolute Gasteiger partial charge is 0.508 e. The molecule has 5 rings (SSSR count). The van der Waals surface area contributed by atoms with E-state index in [1.165, 1.54) is 26.4 Å². The Morgan fingerprint density at radius 2 is 1.26 bits per heavy atom. The van der Waals surface area contributed by atoms with Crippen LogP contribution < -0.4 is 20.1 Å². The maximum Gasteiger partial charge on any atom is 0.248 e. The van der Waals surface area contributed by atoms with E-state index in [9.17, 15) is 30.0 Å². The van der Waals surface area contributed by atoms with Crippen LogP contribution in [0.25, 0.3) is 6.08 Å². The molecule has 0 heterocycles. The van der Waals surface area contributed by atoms with E-state index < -0.39 is 23.7 Å². The first-order chi connectivity index (χ1) is 22.2. The zero-order valence-electron chi connectivity index (χ0n) is 25.5. The Kier molecular flexibility index (Phi) is 9.66. The molecular formula is C36H36N2O8. The Morgan fingerprint density at radius 1 is 0.696 bits per heavy atom. The van der Waals surface area contributed by atoms with Gasteiger partial charge >= 0.3 is 0 Å². The van der Waals surface area contributed by atoms with Crippen molar-refractivity contribution in [3.63, 3.8) is 0 Å². The normalized spacial score (nSPS) is 15.3. The second-order valence-corrected chi connectivity index (χ2v) is 11.0. The molecule has 4 aromatic rings. The number of aromatic hydroxyl groups is 4. The molecule has 6 N–H and O–H groups in total. The first-order valence-electron chi connectivity index (χ1n) is 14.8. The molecular weight excluding hydrogens is 588 g/mol. The summed E-state index contributed by atoms with van der Waals surface area (Å²) in [4.78, 5) is 28.0. The molecule has 10 heteroatoms. The van der Waals surface area contributed by atoms with E-state index in [4.69, 9.17) is 9.47 Å². The van der Waals surface area contributed by atoms with Crippen molar-refractivity contribution < 1.29 is 39.5 Å². The molecule has 1 aliphatic rings. The maximum absolute atomic E-state index is 14.1. The molecule has 0 radical (unpaired) electrons. The summed E-state index contributed by atoms with van der Waals surface area (Å²) in [5.74, 6) is -2.14. The van der Waals surface area contributed by atoms with E-state index >= 15 is 0 Å². The van der Waals surface area contributed by atoms with Gasteiger partial charge in [-0.2, -0.15) is 0 Å². The van der Waals surface area contributed by atoms with Gasteiger partial charge in [0.2, 0.25) is 11.8 Å². The standard InChI is InChI=1S/C36H36N2O8/c1-45-31-18-23(7-12-29(31)41)33-27-20-30(42)32(46-2)19-24(27)17-28(35(43)37-15-13-21-3-8-25(39)9-4-21)34(33)36(44)38-16-14-22-5-10-26(40)11-6-22/h3-12,17-20,33-34,39-42H,13-16H2,1-2H3,(H,37,43)(H,38,44)/t33-,34-/m1/s1. The number of phenolic OH excluding ortho intramolecular Hbond substituents is 4. The minimum atomic E-state index is -1.02. The van der Waals surface area contributed by atoms with Crippen LogP contribution in [-0.4, -0.2) is 59.5 Å². The van der Waals surface area contributed by atoms with E-state index in [1.807, 2.05) is 0 Å². The maximum atomic E-state index is 14.1. The van der Waals surface area contributed by atoms with Crippen LogP contribution in [0.3, 0.4) is 0 Å². The molecule has 0 unspecified atom stereocenters. The van der Waals surface area contributed by atoms with Crippen LogP contribution in [0.4, 0.5) is 0 Å². The number of nitrogens with one attached hydrogen (secondary N) is 2. The monoisotopic (exact) mass is 624 g/mol. The lowest BCUT2D eigenvalue weighted by Gasteiger charge is -2.34. The molecule has 2 atom stereocenters. The van der Waals surface area contributed by atoms with Gasteiger partial charge in [0, 0.05) is 24.6 Å². The van der Waals surface area contributed by atoms with Crippen molar-refractivity contribution in [3.8, 4) is 34.5 Å². The van der Waals surface area contributed by atoms with Crippen molar-refractivity contribution >= 4 is 17.9 Å². The predicted octanol–water partition coefficient (Wildman–Crippen LogP) is 4.39. The number of hydrogen-bond acceptors (Lipinski definition) is 8. The Balaban J connectivity index is 1.52. The lowest BCUT2D eigenvalue weighted by Crippen LogP contribution is -2.42. The van der Waals surface area contributed by atoms with Gasteiger partial charge in [0.25, 0.3) is 0 Å². The topological polar surface area (TPSA) is 158 Å². The highest BCUT2D eigenvalue weighted by molar-refractivity contribution is 6.06. The molecule has 4 aromatic carbocycles. The zero-order chi connectivity index (χ0) is 32.8. The van der Waals surface area contributed by atoms with Crippen LogP contribution in [0.15, 0.2) is 84.4 Å². The summed E-state index contributed by atoms with van der Waals surface area (Å²) < 4.78 is 10.7. The van der Waals surface area contributed by atoms with E-state index in [0.717, 1.165) is 11.1 Å². The zero-order valence-corrected chi connectivity index (χ0v) is 25.5. The SMILES string of the molecule is COc1cc([C@@H]2c3cc(O)c(OC)cc3C=C(C(=O)NCCc3ccc(O)cc3)[C@H]2C(=O)NCCc2ccc(O)cc2)ccc1O. The summed E-state index contributed by atoms with van der Waals surface area (Å²) in [6.45, 7) is 0.543. The molecule has 0 aromatic heterocycles. The van der Waals surface area contributed by atoms with Crippen molar-refractivity contribution in [2.75, 3.05) is 27.3 Å². The number of carbonyl (C=O) groups excluding carboxylic acids is 2. The fourth-order valence-corrected chi connectivity index (χ4v) is 5.72. The van der Waals surface area contributed by atoms with Gasteiger partial charge in [-0.3, -0.25) is 9.59 Å². The molecule has 0 fully saturated rings. The van der Waals surface area contributed by atoms with Gasteiger partial charge in [0.15, 0.2) is 23.0 Å². The minimum Gasteiger partial charge on any atom is -0.508 e. The molecule has 238 valence electrons. The Hall–Kier alpha value is -5.64. The van der Waals surface area contributed by atoms with Crippen LogP contribution in [0.2, 0.25) is 0 Å². The average molecular weight is 625 g/mol. The second-order valence-electron chi connectivity index (χ2n) is 11.0. The quantitative estimate of drug-likeness (QED) is 0.143. The number of phenols is 4. The molecule has 0 aliphatic heterocycles. The van der Waals surface area contributed by atoms with E-state index in [0.29, 0.717) is 29.5 Å². The third-order valence-electron chi connectivity index (χ3n) is 8.09. The fourth-order valence-electron chi connectivity index (χ4n) is 5.72. The minimum absolute atomic E-state index is 0.0856. The van der Waals surface area contributed by atoms with Crippen molar-refractivity contribution in [2.24, 2.45) is 5.92 Å². The molecule has 0 bridgehead atoms. The number of methoxy groups -OCH3 is 2. The molecule has 0 spiro atoms. The Labute approximate surface area is 266 Å². The van der Waals surface area contributed by atoms with E-state index in [2.05, 4.69) is 10.6 Å². The van der Waals surface area contributed by atoms with Crippen molar-refractivity contribution in [2.45, 2.75) is 18.8 Å². The van der Waals surface area contributed by atoms with Crippen LogP contribution in [0, 0.1) is 5.92 Å². The van der Waals surface area contributed by atoms with Gasteiger partial charge in [-0.1, -0.05) is 30.3 Å². The van der Waals surface area contributed by atoms with Gasteiger partial charge < -0.3 is 40.5 Å². The predicted molar refractivity (Wildman–Crippen MR) is 172 cm³/mol. The molecule has 46 heavy (non-hydrogen) atoms. The van der Waals surface area contributed by atoms with Gasteiger partial charge in [0.05, 0.1) is 20.1 Å². The molecule has 1 aliphatic carbocycles. The van der Waals surface area contributed by atoms with Crippen LogP contribution >= 0.6 is 0 Å². The fraction of sp³-hybridized carbons (Fsp3) is 0.222. The van der Waals surface area contributed by atoms with E-state index in [1.54, 1.807) is 72.8 Å². The highest BCUT2D eigenvalue weighted by atomic mass is 16.5. The van der Waals surface area contributed by atoms with Crippen molar-refractivity contribution in [3.05, 3.63) is 112 Å². The highest BCUT2D eigenvalue weighted by Gasteiger charge is 2.41. The number of benzene rings is 4. The summed E-state index contributed by atoms with van der Waals surface area (Å²) in [7, 11) is 2.85. The van der Waals surface area contributed by atoms with Gasteiger partial charge in [-0.25, -0.2) is 0 Å². The third kappa shape index (κ3) is 7.02. The molecule has 10 nitrogen and oxygen atoms in total. The van der Waals surface area contributed by atoms with Gasteiger partial charge in [0.1, 0.15) is 11.5 Å². The number of carbonyl (C=O) groups is 2. The second kappa shape index (κ2) is 14.0. The van der Waals surface area contributed by atoms with Crippen molar-refractivity contribution in [1.82, 2.24) is 10.6 Å². The Morgan fingerprint density at radius 3 is 1.85 bits per heavy atom. The molecule has 0 saturated carbocycles. The highest BCUT2D eigenvalue weighted by Crippen LogP contribution is 2.47. The first-order valence-corrected chi connectivity index (χ1v) is 14.8. The number of fused-ring (bicyclic) bond motifs is 1. The number of rotatable bonds is 11. The van der Waals surface area contributed by atoms with Gasteiger partial charge in [-0.05, 0) is 95.3 Å². The van der Waals surface area contributed by atoms with Crippen molar-refractivity contribution in [1.29, 1.82) is 0 Å². The lowest BCUT2D eigenvalue weighted by atomic mass is 9.70. The van der Waals surface area contributed by atoms with Crippen LogP contribution in [0.1, 0.15) is 33.7 Å². The summed E-state index contributed by atoms with van der Waals surface area (Å²) in [6.07, 6.45) is 2.63. The Bertz CT molecular complexity index is 1750. The van der Waals surface area contributed by atoms with E-state index in [-0.39, 0.29) is 53.2 Å². The summed E-state index contributed by atoms with van der Waals surface area (Å²) in [6, 6.07) is 21.3. The lowest BCUT2D eigenvalue weighted by molar-refractivity contribution is -0.127. The number of hydrogen-bond donors (Lipinski definition) is 6. The summed E-state index contributed by atoms with van der Waals surface area (Å²) in [5.41, 5.74) is 3.80. The molecule has 2 amide bonds. The smallest absolute Gasteiger partial charge is 0.248 e. The summed E-state index contributed by atoms with van der Waals surface area (Å²) in [5, 5.41) is 46.2. The van der Waals surface area contributed by atoms with Crippen LogP contribution in [0.5, 0.6) is 34.5 Å².